The number of methoxy groups -OCH3 is 1. The van der Waals surface area contributed by atoms with E-state index in [1.165, 1.54) is 0 Å². The SMILES string of the molecule is COCC(O)Cc1ccoc1. The van der Waals surface area contributed by atoms with Gasteiger partial charge in [0, 0.05) is 13.5 Å². The van der Waals surface area contributed by atoms with Crippen LogP contribution < -0.4 is 0 Å². The Morgan fingerprint density at radius 1 is 1.73 bits per heavy atom. The molecule has 0 saturated heterocycles. The van der Waals surface area contributed by atoms with Gasteiger partial charge < -0.3 is 14.3 Å². The summed E-state index contributed by atoms with van der Waals surface area (Å²) in [7, 11) is 1.57. The summed E-state index contributed by atoms with van der Waals surface area (Å²) in [6.07, 6.45) is 3.37. The molecule has 62 valence electrons. The number of aliphatic hydroxyl groups excluding tert-OH is 1. The summed E-state index contributed by atoms with van der Waals surface area (Å²) in [5, 5.41) is 9.25. The van der Waals surface area contributed by atoms with Gasteiger partial charge >= 0.3 is 0 Å². The van der Waals surface area contributed by atoms with Gasteiger partial charge in [-0.1, -0.05) is 0 Å². The lowest BCUT2D eigenvalue weighted by molar-refractivity contribution is 0.0649. The van der Waals surface area contributed by atoms with Crippen molar-refractivity contribution in [1.82, 2.24) is 0 Å². The van der Waals surface area contributed by atoms with Crippen LogP contribution in [0.5, 0.6) is 0 Å². The fourth-order valence-corrected chi connectivity index (χ4v) is 0.932. The highest BCUT2D eigenvalue weighted by Crippen LogP contribution is 2.03. The Kier molecular flexibility index (Phi) is 3.14. The lowest BCUT2D eigenvalue weighted by Gasteiger charge is -2.06. The van der Waals surface area contributed by atoms with Crippen molar-refractivity contribution in [1.29, 1.82) is 0 Å². The number of rotatable bonds is 4. The summed E-state index contributed by atoms with van der Waals surface area (Å²) in [6.45, 7) is 0.366. The van der Waals surface area contributed by atoms with Crippen LogP contribution in [0.4, 0.5) is 0 Å². The molecule has 1 aromatic rings. The summed E-state index contributed by atoms with van der Waals surface area (Å²) in [4.78, 5) is 0. The average molecular weight is 156 g/mol. The maximum atomic E-state index is 9.25. The first-order valence-electron chi connectivity index (χ1n) is 3.51. The maximum Gasteiger partial charge on any atom is 0.0935 e. The Hall–Kier alpha value is -0.800. The van der Waals surface area contributed by atoms with E-state index in [0.717, 1.165) is 5.56 Å². The summed E-state index contributed by atoms with van der Waals surface area (Å²) < 4.78 is 9.61. The second-order valence-electron chi connectivity index (χ2n) is 2.44. The van der Waals surface area contributed by atoms with Crippen LogP contribution in [-0.2, 0) is 11.2 Å². The highest BCUT2D eigenvalue weighted by Gasteiger charge is 2.04. The third-order valence-corrected chi connectivity index (χ3v) is 1.41. The summed E-state index contributed by atoms with van der Waals surface area (Å²) >= 11 is 0. The first kappa shape index (κ1) is 8.30. The van der Waals surface area contributed by atoms with Gasteiger partial charge in [0.15, 0.2) is 0 Å². The van der Waals surface area contributed by atoms with Crippen LogP contribution in [0.2, 0.25) is 0 Å². The van der Waals surface area contributed by atoms with Crippen molar-refractivity contribution < 1.29 is 14.3 Å². The molecule has 11 heavy (non-hydrogen) atoms. The summed E-state index contributed by atoms with van der Waals surface area (Å²) in [5.74, 6) is 0. The molecular weight excluding hydrogens is 144 g/mol. The predicted molar refractivity (Wildman–Crippen MR) is 40.3 cm³/mol. The zero-order valence-corrected chi connectivity index (χ0v) is 6.49. The van der Waals surface area contributed by atoms with E-state index in [9.17, 15) is 5.11 Å². The minimum Gasteiger partial charge on any atom is -0.472 e. The lowest BCUT2D eigenvalue weighted by Crippen LogP contribution is -2.16. The fraction of sp³-hybridized carbons (Fsp3) is 0.500. The molecule has 0 fully saturated rings. The fourth-order valence-electron chi connectivity index (χ4n) is 0.932. The van der Waals surface area contributed by atoms with E-state index >= 15 is 0 Å². The molecule has 3 heteroatoms. The van der Waals surface area contributed by atoms with E-state index in [4.69, 9.17) is 9.15 Å². The molecule has 0 spiro atoms. The minimum atomic E-state index is -0.433. The van der Waals surface area contributed by atoms with Crippen LogP contribution in [-0.4, -0.2) is 24.9 Å². The van der Waals surface area contributed by atoms with E-state index in [0.29, 0.717) is 13.0 Å². The number of hydrogen-bond donors (Lipinski definition) is 1. The minimum absolute atomic E-state index is 0.366. The van der Waals surface area contributed by atoms with E-state index in [1.807, 2.05) is 6.07 Å². The second kappa shape index (κ2) is 4.16. The van der Waals surface area contributed by atoms with Gasteiger partial charge in [-0.2, -0.15) is 0 Å². The van der Waals surface area contributed by atoms with Crippen molar-refractivity contribution in [3.8, 4) is 0 Å². The molecule has 0 radical (unpaired) electrons. The number of furan rings is 1. The van der Waals surface area contributed by atoms with Gasteiger partial charge in [-0.15, -0.1) is 0 Å². The Labute approximate surface area is 65.6 Å². The first-order chi connectivity index (χ1) is 5.33. The predicted octanol–water partition coefficient (Wildman–Crippen LogP) is 0.829. The lowest BCUT2D eigenvalue weighted by atomic mass is 10.2. The van der Waals surface area contributed by atoms with Crippen LogP contribution in [0, 0.1) is 0 Å². The largest absolute Gasteiger partial charge is 0.472 e. The molecule has 0 amide bonds. The van der Waals surface area contributed by atoms with Gasteiger partial charge in [0.25, 0.3) is 0 Å². The van der Waals surface area contributed by atoms with E-state index in [1.54, 1.807) is 19.6 Å². The van der Waals surface area contributed by atoms with Crippen molar-refractivity contribution >= 4 is 0 Å². The molecule has 1 N–H and O–H groups in total. The summed E-state index contributed by atoms with van der Waals surface area (Å²) in [5.41, 5.74) is 0.995. The van der Waals surface area contributed by atoms with Gasteiger partial charge in [-0.3, -0.25) is 0 Å². The number of ether oxygens (including phenoxy) is 1. The molecule has 0 aliphatic heterocycles. The Bertz CT molecular complexity index is 181. The van der Waals surface area contributed by atoms with E-state index < -0.39 is 6.10 Å². The molecule has 1 aromatic heterocycles. The number of aliphatic hydroxyl groups is 1. The van der Waals surface area contributed by atoms with Gasteiger partial charge in [0.1, 0.15) is 0 Å². The first-order valence-corrected chi connectivity index (χ1v) is 3.51. The highest BCUT2D eigenvalue weighted by molar-refractivity contribution is 5.06. The van der Waals surface area contributed by atoms with Crippen molar-refractivity contribution in [2.45, 2.75) is 12.5 Å². The molecule has 0 aromatic carbocycles. The Morgan fingerprint density at radius 2 is 2.55 bits per heavy atom. The smallest absolute Gasteiger partial charge is 0.0935 e. The van der Waals surface area contributed by atoms with Crippen LogP contribution in [0.1, 0.15) is 5.56 Å². The average Bonchev–Trinajstić information content (AvgIpc) is 2.40. The highest BCUT2D eigenvalue weighted by atomic mass is 16.5. The molecule has 1 unspecified atom stereocenters. The Morgan fingerprint density at radius 3 is 3.09 bits per heavy atom. The van der Waals surface area contributed by atoms with Crippen LogP contribution >= 0.6 is 0 Å². The van der Waals surface area contributed by atoms with Gasteiger partial charge in [0.05, 0.1) is 25.2 Å². The van der Waals surface area contributed by atoms with E-state index in [2.05, 4.69) is 0 Å². The molecule has 0 aliphatic rings. The zero-order chi connectivity index (χ0) is 8.10. The Balaban J connectivity index is 2.31. The van der Waals surface area contributed by atoms with Crippen LogP contribution in [0.15, 0.2) is 23.0 Å². The van der Waals surface area contributed by atoms with Crippen molar-refractivity contribution in [3.63, 3.8) is 0 Å². The molecule has 3 nitrogen and oxygen atoms in total. The molecular formula is C8H12O3. The molecule has 1 heterocycles. The van der Waals surface area contributed by atoms with Crippen molar-refractivity contribution in [3.05, 3.63) is 24.2 Å². The molecule has 0 saturated carbocycles. The monoisotopic (exact) mass is 156 g/mol. The number of hydrogen-bond acceptors (Lipinski definition) is 3. The van der Waals surface area contributed by atoms with E-state index in [-0.39, 0.29) is 0 Å². The summed E-state index contributed by atoms with van der Waals surface area (Å²) in [6, 6.07) is 1.83. The zero-order valence-electron chi connectivity index (χ0n) is 6.49. The second-order valence-corrected chi connectivity index (χ2v) is 2.44. The molecule has 1 atom stereocenters. The van der Waals surface area contributed by atoms with Crippen molar-refractivity contribution in [2.75, 3.05) is 13.7 Å². The standard InChI is InChI=1S/C8H12O3/c1-10-6-8(9)4-7-2-3-11-5-7/h2-3,5,8-9H,4,6H2,1H3. The molecule has 0 bridgehead atoms. The quantitative estimate of drug-likeness (QED) is 0.702. The topological polar surface area (TPSA) is 42.6 Å². The van der Waals surface area contributed by atoms with Gasteiger partial charge in [0.2, 0.25) is 0 Å². The third kappa shape index (κ3) is 2.74. The van der Waals surface area contributed by atoms with Crippen molar-refractivity contribution in [2.24, 2.45) is 0 Å². The van der Waals surface area contributed by atoms with Gasteiger partial charge in [-0.05, 0) is 11.6 Å². The molecule has 0 aliphatic carbocycles. The maximum absolute atomic E-state index is 9.25. The third-order valence-electron chi connectivity index (χ3n) is 1.41. The normalized spacial score (nSPS) is 13.3. The van der Waals surface area contributed by atoms with Crippen LogP contribution in [0.3, 0.4) is 0 Å². The molecule has 1 rings (SSSR count). The van der Waals surface area contributed by atoms with Gasteiger partial charge in [-0.25, -0.2) is 0 Å². The van der Waals surface area contributed by atoms with Crippen LogP contribution in [0.25, 0.3) is 0 Å².